The normalized spacial score (nSPS) is 19.7. The molecule has 2 rings (SSSR count). The first-order chi connectivity index (χ1) is 8.76. The minimum Gasteiger partial charge on any atom is -0.352 e. The number of rotatable bonds is 4. The molecule has 1 aromatic rings. The first-order valence-electron chi connectivity index (χ1n) is 6.49. The molecule has 0 bridgehead atoms. The third-order valence-electron chi connectivity index (χ3n) is 3.55. The quantitative estimate of drug-likeness (QED) is 0.907. The monoisotopic (exact) mass is 262 g/mol. The van der Waals surface area contributed by atoms with E-state index in [1.807, 2.05) is 6.92 Å². The molecule has 0 saturated heterocycles. The number of nitriles is 1. The van der Waals surface area contributed by atoms with Gasteiger partial charge in [0.15, 0.2) is 0 Å². The summed E-state index contributed by atoms with van der Waals surface area (Å²) in [4.78, 5) is 13.6. The third kappa shape index (κ3) is 2.73. The predicted molar refractivity (Wildman–Crippen MR) is 72.4 cm³/mol. The highest BCUT2D eigenvalue weighted by molar-refractivity contribution is 7.10. The lowest BCUT2D eigenvalue weighted by molar-refractivity contribution is -0.123. The van der Waals surface area contributed by atoms with E-state index in [0.717, 1.165) is 25.7 Å². The smallest absolute Gasteiger partial charge is 0.227 e. The molecule has 96 valence electrons. The van der Waals surface area contributed by atoms with E-state index >= 15 is 0 Å². The van der Waals surface area contributed by atoms with Crippen LogP contribution in [-0.2, 0) is 11.2 Å². The van der Waals surface area contributed by atoms with Gasteiger partial charge < -0.3 is 5.32 Å². The zero-order chi connectivity index (χ0) is 13.0. The molecule has 2 unspecified atom stereocenters. The summed E-state index contributed by atoms with van der Waals surface area (Å²) in [5.41, 5.74) is 1.20. The number of nitrogens with zero attached hydrogens (tertiary/aromatic N) is 1. The number of thiophene rings is 1. The van der Waals surface area contributed by atoms with Crippen molar-refractivity contribution < 1.29 is 4.79 Å². The van der Waals surface area contributed by atoms with Gasteiger partial charge in [0, 0.05) is 10.9 Å². The van der Waals surface area contributed by atoms with E-state index in [-0.39, 0.29) is 17.9 Å². The summed E-state index contributed by atoms with van der Waals surface area (Å²) in [5.74, 6) is 0.0872. The van der Waals surface area contributed by atoms with E-state index in [9.17, 15) is 4.79 Å². The maximum Gasteiger partial charge on any atom is 0.227 e. The van der Waals surface area contributed by atoms with E-state index in [1.165, 1.54) is 10.4 Å². The maximum absolute atomic E-state index is 12.3. The molecule has 1 aliphatic rings. The molecule has 2 atom stereocenters. The highest BCUT2D eigenvalue weighted by Gasteiger charge is 2.28. The van der Waals surface area contributed by atoms with Gasteiger partial charge in [-0.15, -0.1) is 11.3 Å². The summed E-state index contributed by atoms with van der Waals surface area (Å²) in [7, 11) is 0. The molecule has 0 spiro atoms. The Hall–Kier alpha value is -1.34. The molecule has 1 amide bonds. The predicted octanol–water partition coefficient (Wildman–Crippen LogP) is 2.98. The molecular weight excluding hydrogens is 244 g/mol. The molecule has 1 heterocycles. The van der Waals surface area contributed by atoms with Crippen LogP contribution in [0.4, 0.5) is 0 Å². The van der Waals surface area contributed by atoms with Crippen LogP contribution in [0.15, 0.2) is 11.4 Å². The van der Waals surface area contributed by atoms with Crippen LogP contribution in [0.5, 0.6) is 0 Å². The van der Waals surface area contributed by atoms with Crippen molar-refractivity contribution in [1.82, 2.24) is 5.32 Å². The Balaban J connectivity index is 2.05. The first-order valence-corrected chi connectivity index (χ1v) is 7.37. The largest absolute Gasteiger partial charge is 0.352 e. The van der Waals surface area contributed by atoms with Gasteiger partial charge in [-0.25, -0.2) is 0 Å². The lowest BCUT2D eigenvalue weighted by Gasteiger charge is -2.24. The molecule has 1 N–H and O–H groups in total. The van der Waals surface area contributed by atoms with Gasteiger partial charge in [-0.1, -0.05) is 6.92 Å². The van der Waals surface area contributed by atoms with E-state index in [1.54, 1.807) is 11.3 Å². The topological polar surface area (TPSA) is 52.9 Å². The van der Waals surface area contributed by atoms with E-state index in [4.69, 9.17) is 5.26 Å². The third-order valence-corrected chi connectivity index (χ3v) is 4.54. The van der Waals surface area contributed by atoms with Crippen molar-refractivity contribution in [1.29, 1.82) is 5.26 Å². The minimum absolute atomic E-state index is 0.00672. The van der Waals surface area contributed by atoms with Gasteiger partial charge in [0.1, 0.15) is 0 Å². The van der Waals surface area contributed by atoms with Crippen LogP contribution in [0, 0.1) is 11.3 Å². The fourth-order valence-corrected chi connectivity index (χ4v) is 3.46. The summed E-state index contributed by atoms with van der Waals surface area (Å²) in [6.45, 7) is 2.00. The molecule has 0 aromatic carbocycles. The Morgan fingerprint density at radius 3 is 3.28 bits per heavy atom. The van der Waals surface area contributed by atoms with Gasteiger partial charge in [-0.2, -0.15) is 5.26 Å². The lowest BCUT2D eigenvalue weighted by Crippen LogP contribution is -2.38. The number of hydrogen-bond donors (Lipinski definition) is 1. The average Bonchev–Trinajstić information content (AvgIpc) is 2.85. The fourth-order valence-electron chi connectivity index (χ4n) is 2.47. The number of fused-ring (bicyclic) bond motifs is 1. The first kappa shape index (κ1) is 13.1. The highest BCUT2D eigenvalue weighted by atomic mass is 32.1. The van der Waals surface area contributed by atoms with Crippen LogP contribution in [0.1, 0.15) is 49.0 Å². The second kappa shape index (κ2) is 6.01. The highest BCUT2D eigenvalue weighted by Crippen LogP contribution is 2.35. The molecule has 1 aliphatic carbocycles. The van der Waals surface area contributed by atoms with Crippen molar-refractivity contribution in [2.75, 3.05) is 0 Å². The van der Waals surface area contributed by atoms with Crippen molar-refractivity contribution in [2.45, 2.75) is 51.0 Å². The number of aryl methyl sites for hydroxylation is 1. The van der Waals surface area contributed by atoms with Gasteiger partial charge in [-0.05, 0) is 42.7 Å². The van der Waals surface area contributed by atoms with E-state index in [2.05, 4.69) is 22.8 Å². The van der Waals surface area contributed by atoms with E-state index < -0.39 is 0 Å². The number of amides is 1. The Bertz CT molecular complexity index is 461. The average molecular weight is 262 g/mol. The Kier molecular flexibility index (Phi) is 4.38. The second-order valence-corrected chi connectivity index (χ2v) is 5.72. The van der Waals surface area contributed by atoms with Gasteiger partial charge >= 0.3 is 0 Å². The zero-order valence-electron chi connectivity index (χ0n) is 10.6. The number of carbonyl (C=O) groups is 1. The molecule has 0 aliphatic heterocycles. The van der Waals surface area contributed by atoms with Crippen molar-refractivity contribution in [3.05, 3.63) is 21.9 Å². The maximum atomic E-state index is 12.3. The summed E-state index contributed by atoms with van der Waals surface area (Å²) >= 11 is 1.75. The number of hydrogen-bond acceptors (Lipinski definition) is 3. The van der Waals surface area contributed by atoms with Gasteiger partial charge in [-0.3, -0.25) is 4.79 Å². The lowest BCUT2D eigenvalue weighted by atomic mass is 9.87. The van der Waals surface area contributed by atoms with Gasteiger partial charge in [0.25, 0.3) is 0 Å². The molecule has 0 saturated carbocycles. The van der Waals surface area contributed by atoms with Gasteiger partial charge in [0.2, 0.25) is 5.91 Å². The number of nitrogens with one attached hydrogen (secondary N) is 1. The Labute approximate surface area is 112 Å². The van der Waals surface area contributed by atoms with Crippen LogP contribution in [0.2, 0.25) is 0 Å². The molecular formula is C14H18N2OS. The van der Waals surface area contributed by atoms with Crippen molar-refractivity contribution >= 4 is 17.2 Å². The Morgan fingerprint density at radius 1 is 1.72 bits per heavy atom. The van der Waals surface area contributed by atoms with Crippen LogP contribution in [-0.4, -0.2) is 11.9 Å². The molecule has 18 heavy (non-hydrogen) atoms. The van der Waals surface area contributed by atoms with Crippen LogP contribution in [0.3, 0.4) is 0 Å². The summed E-state index contributed by atoms with van der Waals surface area (Å²) in [6.07, 6.45) is 4.32. The second-order valence-electron chi connectivity index (χ2n) is 4.72. The van der Waals surface area contributed by atoms with Gasteiger partial charge in [0.05, 0.1) is 18.4 Å². The van der Waals surface area contributed by atoms with Crippen LogP contribution < -0.4 is 5.32 Å². The fraction of sp³-hybridized carbons (Fsp3) is 0.571. The summed E-state index contributed by atoms with van der Waals surface area (Å²) < 4.78 is 0. The summed E-state index contributed by atoms with van der Waals surface area (Å²) in [6, 6.07) is 4.20. The van der Waals surface area contributed by atoms with Crippen molar-refractivity contribution in [3.63, 3.8) is 0 Å². The summed E-state index contributed by atoms with van der Waals surface area (Å²) in [5, 5.41) is 13.8. The van der Waals surface area contributed by atoms with Crippen molar-refractivity contribution in [2.24, 2.45) is 0 Å². The standard InChI is InChI=1S/C14H18N2OS/c1-2-10(6-8-15)16-14(17)12-4-3-5-13-11(12)7-9-18-13/h7,9-10,12H,2-6H2,1H3,(H,16,17). The molecule has 3 nitrogen and oxygen atoms in total. The van der Waals surface area contributed by atoms with E-state index in [0.29, 0.717) is 6.42 Å². The van der Waals surface area contributed by atoms with Crippen LogP contribution >= 0.6 is 11.3 Å². The molecule has 1 aromatic heterocycles. The molecule has 0 radical (unpaired) electrons. The van der Waals surface area contributed by atoms with Crippen LogP contribution in [0.25, 0.3) is 0 Å². The SMILES string of the molecule is CCC(CC#N)NC(=O)C1CCCc2sccc21. The number of carbonyl (C=O) groups excluding carboxylic acids is 1. The molecule has 4 heteroatoms. The zero-order valence-corrected chi connectivity index (χ0v) is 11.4. The Morgan fingerprint density at radius 2 is 2.56 bits per heavy atom. The minimum atomic E-state index is -0.00786. The molecule has 0 fully saturated rings. The van der Waals surface area contributed by atoms with Crippen molar-refractivity contribution in [3.8, 4) is 6.07 Å².